The second kappa shape index (κ2) is 9.83. The highest BCUT2D eigenvalue weighted by molar-refractivity contribution is 9.10. The highest BCUT2D eigenvalue weighted by Gasteiger charge is 2.18. The van der Waals surface area contributed by atoms with Crippen LogP contribution < -0.4 is 11.1 Å². The van der Waals surface area contributed by atoms with Gasteiger partial charge in [0.25, 0.3) is 0 Å². The van der Waals surface area contributed by atoms with E-state index in [1.807, 2.05) is 59.2 Å². The van der Waals surface area contributed by atoms with E-state index in [4.69, 9.17) is 15.7 Å². The van der Waals surface area contributed by atoms with Crippen LogP contribution in [-0.2, 0) is 6.54 Å². The lowest BCUT2D eigenvalue weighted by atomic mass is 10.1. The molecule has 0 bridgehead atoms. The molecule has 4 heterocycles. The van der Waals surface area contributed by atoms with E-state index < -0.39 is 0 Å². The van der Waals surface area contributed by atoms with E-state index in [1.54, 1.807) is 12.4 Å². The Bertz CT molecular complexity index is 1700. The smallest absolute Gasteiger partial charge is 0.165 e. The van der Waals surface area contributed by atoms with Crippen molar-refractivity contribution in [3.8, 4) is 28.3 Å². The van der Waals surface area contributed by atoms with Gasteiger partial charge < -0.3 is 11.1 Å². The van der Waals surface area contributed by atoms with Gasteiger partial charge in [-0.1, -0.05) is 58.4 Å². The molecule has 0 aliphatic rings. The van der Waals surface area contributed by atoms with Crippen LogP contribution in [0.3, 0.4) is 0 Å². The van der Waals surface area contributed by atoms with Gasteiger partial charge in [0.2, 0.25) is 0 Å². The van der Waals surface area contributed by atoms with E-state index in [-0.39, 0.29) is 0 Å². The molecule has 0 aliphatic heterocycles. The van der Waals surface area contributed by atoms with Gasteiger partial charge in [0.05, 0.1) is 11.3 Å². The molecule has 7 nitrogen and oxygen atoms in total. The Morgan fingerprint density at radius 1 is 0.811 bits per heavy atom. The molecule has 4 aromatic heterocycles. The zero-order chi connectivity index (χ0) is 25.2. The number of nitrogens with two attached hydrogens (primary N) is 1. The Balaban J connectivity index is 1.43. The van der Waals surface area contributed by atoms with Gasteiger partial charge in [0.15, 0.2) is 11.5 Å². The fraction of sp³-hybridized carbons (Fsp3) is 0.0345. The van der Waals surface area contributed by atoms with Gasteiger partial charge in [-0.15, -0.1) is 0 Å². The molecule has 0 spiro atoms. The van der Waals surface area contributed by atoms with Crippen molar-refractivity contribution in [3.63, 3.8) is 0 Å². The topological polar surface area (TPSA) is 94.5 Å². The van der Waals surface area contributed by atoms with Crippen LogP contribution in [0, 0.1) is 0 Å². The van der Waals surface area contributed by atoms with Crippen LogP contribution in [0.5, 0.6) is 0 Å². The lowest BCUT2D eigenvalue weighted by Gasteiger charge is -2.12. The van der Waals surface area contributed by atoms with E-state index >= 15 is 0 Å². The van der Waals surface area contributed by atoms with Gasteiger partial charge >= 0.3 is 0 Å². The maximum absolute atomic E-state index is 6.27. The predicted octanol–water partition coefficient (Wildman–Crippen LogP) is 6.50. The molecular formula is C29H22BrN7. The second-order valence-electron chi connectivity index (χ2n) is 8.49. The van der Waals surface area contributed by atoms with E-state index in [9.17, 15) is 0 Å². The van der Waals surface area contributed by atoms with Gasteiger partial charge in [-0.25, -0.2) is 19.9 Å². The summed E-state index contributed by atoms with van der Waals surface area (Å²) in [6.07, 6.45) is 3.45. The Morgan fingerprint density at radius 3 is 2.43 bits per heavy atom. The summed E-state index contributed by atoms with van der Waals surface area (Å²) in [6, 6.07) is 30.1. The first-order chi connectivity index (χ1) is 18.2. The minimum absolute atomic E-state index is 0.421. The molecule has 2 aromatic carbocycles. The van der Waals surface area contributed by atoms with Crippen molar-refractivity contribution in [1.29, 1.82) is 0 Å². The number of benzene rings is 2. The van der Waals surface area contributed by atoms with Crippen molar-refractivity contribution in [1.82, 2.24) is 24.5 Å². The normalized spacial score (nSPS) is 11.1. The Labute approximate surface area is 222 Å². The SMILES string of the molecule is Nc1ncccc1-c1nc2ccc(-c3ccccc3)nc2n1-c1ccc(CNc2cc(Br)ccn2)cc1. The zero-order valence-electron chi connectivity index (χ0n) is 19.7. The molecule has 6 aromatic rings. The second-order valence-corrected chi connectivity index (χ2v) is 9.41. The van der Waals surface area contributed by atoms with Gasteiger partial charge in [-0.3, -0.25) is 4.57 Å². The summed E-state index contributed by atoms with van der Waals surface area (Å²) in [5.41, 5.74) is 12.5. The third kappa shape index (κ3) is 4.66. The molecule has 8 heteroatoms. The van der Waals surface area contributed by atoms with Gasteiger partial charge in [0.1, 0.15) is 17.2 Å². The number of hydrogen-bond donors (Lipinski definition) is 2. The van der Waals surface area contributed by atoms with Crippen molar-refractivity contribution in [2.45, 2.75) is 6.54 Å². The molecule has 180 valence electrons. The number of fused-ring (bicyclic) bond motifs is 1. The lowest BCUT2D eigenvalue weighted by Crippen LogP contribution is -2.04. The minimum atomic E-state index is 0.421. The highest BCUT2D eigenvalue weighted by Crippen LogP contribution is 2.31. The first-order valence-corrected chi connectivity index (χ1v) is 12.6. The van der Waals surface area contributed by atoms with E-state index in [0.29, 0.717) is 18.2 Å². The summed E-state index contributed by atoms with van der Waals surface area (Å²) >= 11 is 3.48. The maximum atomic E-state index is 6.27. The Hall–Kier alpha value is -4.56. The average molecular weight is 548 g/mol. The van der Waals surface area contributed by atoms with Crippen LogP contribution in [-0.4, -0.2) is 24.5 Å². The van der Waals surface area contributed by atoms with Crippen molar-refractivity contribution in [2.75, 3.05) is 11.1 Å². The van der Waals surface area contributed by atoms with Crippen LogP contribution in [0.25, 0.3) is 39.5 Å². The van der Waals surface area contributed by atoms with E-state index in [1.165, 1.54) is 0 Å². The van der Waals surface area contributed by atoms with Crippen LogP contribution in [0.1, 0.15) is 5.56 Å². The minimum Gasteiger partial charge on any atom is -0.383 e. The molecule has 0 aliphatic carbocycles. The Kier molecular flexibility index (Phi) is 6.08. The van der Waals surface area contributed by atoms with Gasteiger partial charge in [-0.2, -0.15) is 0 Å². The first-order valence-electron chi connectivity index (χ1n) is 11.8. The fourth-order valence-corrected chi connectivity index (χ4v) is 4.55. The number of nitrogens with zero attached hydrogens (tertiary/aromatic N) is 5. The number of hydrogen-bond acceptors (Lipinski definition) is 6. The molecule has 0 radical (unpaired) electrons. The third-order valence-corrected chi connectivity index (χ3v) is 6.54. The maximum Gasteiger partial charge on any atom is 0.165 e. The molecular weight excluding hydrogens is 526 g/mol. The number of pyridine rings is 3. The van der Waals surface area contributed by atoms with Crippen LogP contribution in [0.15, 0.2) is 108 Å². The van der Waals surface area contributed by atoms with Gasteiger partial charge in [0, 0.05) is 34.7 Å². The molecule has 0 fully saturated rings. The number of aromatic nitrogens is 5. The summed E-state index contributed by atoms with van der Waals surface area (Å²) < 4.78 is 3.03. The summed E-state index contributed by atoms with van der Waals surface area (Å²) in [5, 5.41) is 3.36. The van der Waals surface area contributed by atoms with Crippen molar-refractivity contribution >= 4 is 38.7 Å². The zero-order valence-corrected chi connectivity index (χ0v) is 21.3. The third-order valence-electron chi connectivity index (χ3n) is 6.04. The molecule has 0 saturated heterocycles. The van der Waals surface area contributed by atoms with Crippen LogP contribution in [0.4, 0.5) is 11.6 Å². The molecule has 0 atom stereocenters. The number of halogens is 1. The number of anilines is 2. The van der Waals surface area contributed by atoms with Gasteiger partial charge in [-0.05, 0) is 54.1 Å². The lowest BCUT2D eigenvalue weighted by molar-refractivity contribution is 1.06. The van der Waals surface area contributed by atoms with Crippen LogP contribution in [0.2, 0.25) is 0 Å². The molecule has 0 amide bonds. The number of imidazole rings is 1. The molecule has 0 saturated carbocycles. The monoisotopic (exact) mass is 547 g/mol. The standard InChI is InChI=1S/C29H22BrN7/c30-21-14-16-32-26(17-21)34-18-19-8-10-22(11-9-19)37-28(23-7-4-15-33-27(23)31)36-25-13-12-24(35-29(25)37)20-5-2-1-3-6-20/h1-17H,18H2,(H2,31,33)(H,32,34). The summed E-state index contributed by atoms with van der Waals surface area (Å²) in [6.45, 7) is 0.646. The Morgan fingerprint density at radius 2 is 1.65 bits per heavy atom. The number of nitrogen functional groups attached to an aromatic ring is 1. The van der Waals surface area contributed by atoms with Crippen molar-refractivity contribution in [3.05, 3.63) is 113 Å². The molecule has 37 heavy (non-hydrogen) atoms. The predicted molar refractivity (Wildman–Crippen MR) is 151 cm³/mol. The molecule has 0 unspecified atom stereocenters. The quantitative estimate of drug-likeness (QED) is 0.247. The molecule has 6 rings (SSSR count). The van der Waals surface area contributed by atoms with Crippen molar-refractivity contribution < 1.29 is 0 Å². The van der Waals surface area contributed by atoms with E-state index in [0.717, 1.165) is 49.5 Å². The van der Waals surface area contributed by atoms with E-state index in [2.05, 4.69) is 67.6 Å². The summed E-state index contributed by atoms with van der Waals surface area (Å²) in [4.78, 5) is 18.6. The molecule has 3 N–H and O–H groups in total. The number of nitrogens with one attached hydrogen (secondary N) is 1. The van der Waals surface area contributed by atoms with Crippen molar-refractivity contribution in [2.24, 2.45) is 0 Å². The highest BCUT2D eigenvalue weighted by atomic mass is 79.9. The summed E-state index contributed by atoms with van der Waals surface area (Å²) in [7, 11) is 0. The average Bonchev–Trinajstić information content (AvgIpc) is 3.31. The largest absolute Gasteiger partial charge is 0.383 e. The summed E-state index contributed by atoms with van der Waals surface area (Å²) in [5.74, 6) is 1.93. The fourth-order valence-electron chi connectivity index (χ4n) is 4.22. The number of rotatable bonds is 6. The van der Waals surface area contributed by atoms with Crippen LogP contribution >= 0.6 is 15.9 Å². The first kappa shape index (κ1) is 22.9.